The Hall–Kier alpha value is -1.70. The van der Waals surface area contributed by atoms with E-state index >= 15 is 0 Å². The molecule has 2 rings (SSSR count). The van der Waals surface area contributed by atoms with Gasteiger partial charge in [0.2, 0.25) is 0 Å². The Morgan fingerprint density at radius 2 is 1.67 bits per heavy atom. The lowest BCUT2D eigenvalue weighted by Crippen LogP contribution is -1.93. The molecule has 0 aliphatic rings. The highest BCUT2D eigenvalue weighted by Crippen LogP contribution is 2.27. The smallest absolute Gasteiger partial charge is 0.457 e. The number of hydrogen-bond acceptors (Lipinski definition) is 2. The van der Waals surface area contributed by atoms with Crippen LogP contribution in [0.25, 0.3) is 0 Å². The van der Waals surface area contributed by atoms with Crippen LogP contribution in [0.2, 0.25) is 0 Å². The van der Waals surface area contributed by atoms with Gasteiger partial charge in [-0.25, -0.2) is 0 Å². The maximum atomic E-state index is 10.7. The van der Waals surface area contributed by atoms with E-state index < -0.39 is 8.03 Å². The van der Waals surface area contributed by atoms with Crippen molar-refractivity contribution in [2.45, 2.75) is 6.42 Å². The van der Waals surface area contributed by atoms with E-state index in [0.717, 1.165) is 17.1 Å². The molecule has 0 fully saturated rings. The number of ether oxygens (including phenoxy) is 1. The summed E-state index contributed by atoms with van der Waals surface area (Å²) < 4.78 is 16.5. The Balaban J connectivity index is 2.14. The molecule has 0 aliphatic heterocycles. The molecular weight excluding hydrogens is 247 g/mol. The molecule has 2 aromatic carbocycles. The van der Waals surface area contributed by atoms with Crippen molar-refractivity contribution in [3.63, 3.8) is 0 Å². The van der Waals surface area contributed by atoms with E-state index in [4.69, 9.17) is 9.63 Å². The van der Waals surface area contributed by atoms with Crippen LogP contribution < -0.4 is 4.74 Å². The minimum Gasteiger partial charge on any atom is -0.457 e. The molecule has 3 nitrogen and oxygen atoms in total. The first-order valence-corrected chi connectivity index (χ1v) is 7.10. The number of rotatable bonds is 5. The molecule has 0 spiro atoms. The largest absolute Gasteiger partial charge is 0.505 e. The zero-order valence-electron chi connectivity index (χ0n) is 9.82. The lowest BCUT2D eigenvalue weighted by molar-refractivity contribution is 0.476. The van der Waals surface area contributed by atoms with Crippen molar-refractivity contribution in [3.8, 4) is 11.5 Å². The number of aryl methyl sites for hydroxylation is 1. The SMILES string of the molecule is O=[P+](O)CCc1ccccc1Oc1ccccc1. The van der Waals surface area contributed by atoms with Crippen LogP contribution in [0.3, 0.4) is 0 Å². The number of hydrogen-bond donors (Lipinski definition) is 1. The van der Waals surface area contributed by atoms with E-state index in [1.54, 1.807) is 0 Å². The molecule has 0 bridgehead atoms. The van der Waals surface area contributed by atoms with Gasteiger partial charge < -0.3 is 4.74 Å². The summed E-state index contributed by atoms with van der Waals surface area (Å²) in [4.78, 5) is 8.86. The summed E-state index contributed by atoms with van der Waals surface area (Å²) >= 11 is 0. The van der Waals surface area contributed by atoms with Crippen LogP contribution in [0, 0.1) is 0 Å². The highest BCUT2D eigenvalue weighted by Gasteiger charge is 2.12. The van der Waals surface area contributed by atoms with Gasteiger partial charge in [0.15, 0.2) is 6.16 Å². The van der Waals surface area contributed by atoms with E-state index in [0.29, 0.717) is 6.42 Å². The van der Waals surface area contributed by atoms with E-state index in [1.807, 2.05) is 54.6 Å². The summed E-state index contributed by atoms with van der Waals surface area (Å²) in [7, 11) is -2.10. The molecular formula is C14H14O3P+. The average molecular weight is 261 g/mol. The third-order valence-corrected chi connectivity index (χ3v) is 3.12. The fraction of sp³-hybridized carbons (Fsp3) is 0.143. The third kappa shape index (κ3) is 3.66. The number of para-hydroxylation sites is 2. The third-order valence-electron chi connectivity index (χ3n) is 2.52. The van der Waals surface area contributed by atoms with Crippen molar-refractivity contribution < 1.29 is 14.2 Å². The molecule has 0 radical (unpaired) electrons. The first-order valence-electron chi connectivity index (χ1n) is 5.70. The van der Waals surface area contributed by atoms with Crippen LogP contribution in [0.4, 0.5) is 0 Å². The Labute approximate surface area is 107 Å². The molecule has 0 saturated carbocycles. The summed E-state index contributed by atoms with van der Waals surface area (Å²) in [5.41, 5.74) is 0.943. The van der Waals surface area contributed by atoms with Gasteiger partial charge in [-0.1, -0.05) is 36.4 Å². The molecule has 0 saturated heterocycles. The van der Waals surface area contributed by atoms with E-state index in [9.17, 15) is 4.57 Å². The first kappa shape index (κ1) is 12.7. The van der Waals surface area contributed by atoms with Gasteiger partial charge >= 0.3 is 8.03 Å². The molecule has 0 aromatic heterocycles. The fourth-order valence-electron chi connectivity index (χ4n) is 1.64. The van der Waals surface area contributed by atoms with Crippen LogP contribution >= 0.6 is 8.03 Å². The van der Waals surface area contributed by atoms with Crippen LogP contribution in [0.15, 0.2) is 54.6 Å². The minimum atomic E-state index is -2.10. The van der Waals surface area contributed by atoms with Crippen LogP contribution in [-0.2, 0) is 11.0 Å². The maximum absolute atomic E-state index is 10.7. The van der Waals surface area contributed by atoms with Crippen molar-refractivity contribution in [1.82, 2.24) is 0 Å². The lowest BCUT2D eigenvalue weighted by Gasteiger charge is -2.09. The Morgan fingerprint density at radius 3 is 2.39 bits per heavy atom. The highest BCUT2D eigenvalue weighted by atomic mass is 31.1. The molecule has 0 amide bonds. The zero-order valence-corrected chi connectivity index (χ0v) is 10.7. The molecule has 2 aromatic rings. The Morgan fingerprint density at radius 1 is 1.00 bits per heavy atom. The second kappa shape index (κ2) is 6.29. The average Bonchev–Trinajstić information content (AvgIpc) is 2.39. The molecule has 1 unspecified atom stereocenters. The molecule has 18 heavy (non-hydrogen) atoms. The molecule has 1 atom stereocenters. The molecule has 0 aliphatic carbocycles. The quantitative estimate of drug-likeness (QED) is 0.833. The normalized spacial score (nSPS) is 11.1. The van der Waals surface area contributed by atoms with E-state index in [2.05, 4.69) is 0 Å². The Bertz CT molecular complexity index is 526. The predicted octanol–water partition coefficient (Wildman–Crippen LogP) is 3.76. The van der Waals surface area contributed by atoms with Gasteiger partial charge in [-0.2, -0.15) is 4.89 Å². The van der Waals surface area contributed by atoms with Crippen molar-refractivity contribution in [1.29, 1.82) is 0 Å². The van der Waals surface area contributed by atoms with Crippen molar-refractivity contribution in [2.24, 2.45) is 0 Å². The van der Waals surface area contributed by atoms with Gasteiger partial charge in [0, 0.05) is 6.42 Å². The first-order chi connectivity index (χ1) is 8.75. The zero-order chi connectivity index (χ0) is 12.8. The second-order valence-electron chi connectivity index (χ2n) is 3.85. The monoisotopic (exact) mass is 261 g/mol. The fourth-order valence-corrected chi connectivity index (χ4v) is 2.07. The van der Waals surface area contributed by atoms with Crippen molar-refractivity contribution in [3.05, 3.63) is 60.2 Å². The topological polar surface area (TPSA) is 46.5 Å². The summed E-state index contributed by atoms with van der Waals surface area (Å²) in [6.07, 6.45) is 0.791. The van der Waals surface area contributed by atoms with Gasteiger partial charge in [0.05, 0.1) is 0 Å². The second-order valence-corrected chi connectivity index (χ2v) is 5.00. The number of benzene rings is 2. The maximum Gasteiger partial charge on any atom is 0.505 e. The summed E-state index contributed by atoms with van der Waals surface area (Å²) in [5.74, 6) is 1.50. The molecule has 0 heterocycles. The summed E-state index contributed by atoms with van der Waals surface area (Å²) in [5, 5.41) is 0. The van der Waals surface area contributed by atoms with Gasteiger partial charge in [-0.3, -0.25) is 0 Å². The summed E-state index contributed by atoms with van der Waals surface area (Å²) in [6.45, 7) is 0. The van der Waals surface area contributed by atoms with Gasteiger partial charge in [-0.05, 0) is 28.3 Å². The van der Waals surface area contributed by atoms with Gasteiger partial charge in [0.1, 0.15) is 11.5 Å². The van der Waals surface area contributed by atoms with Crippen LogP contribution in [0.1, 0.15) is 5.56 Å². The van der Waals surface area contributed by atoms with Gasteiger partial charge in [-0.15, -0.1) is 0 Å². The highest BCUT2D eigenvalue weighted by molar-refractivity contribution is 7.37. The van der Waals surface area contributed by atoms with Crippen molar-refractivity contribution >= 4 is 8.03 Å². The van der Waals surface area contributed by atoms with Crippen LogP contribution in [-0.4, -0.2) is 11.1 Å². The lowest BCUT2D eigenvalue weighted by atomic mass is 10.1. The van der Waals surface area contributed by atoms with E-state index in [1.165, 1.54) is 0 Å². The van der Waals surface area contributed by atoms with Crippen LogP contribution in [0.5, 0.6) is 11.5 Å². The Kier molecular flexibility index (Phi) is 4.46. The minimum absolute atomic E-state index is 0.254. The predicted molar refractivity (Wildman–Crippen MR) is 71.4 cm³/mol. The standard InChI is InChI=1S/C14H13O3P/c15-18(16)11-10-12-6-4-5-9-14(12)17-13-7-2-1-3-8-13/h1-9H,10-11H2/p+1. The summed E-state index contributed by atoms with van der Waals surface area (Å²) in [6, 6.07) is 17.1. The molecule has 4 heteroatoms. The van der Waals surface area contributed by atoms with E-state index in [-0.39, 0.29) is 6.16 Å². The molecule has 92 valence electrons. The van der Waals surface area contributed by atoms with Crippen molar-refractivity contribution in [2.75, 3.05) is 6.16 Å². The molecule has 1 N–H and O–H groups in total. The van der Waals surface area contributed by atoms with Gasteiger partial charge in [0.25, 0.3) is 0 Å².